The van der Waals surface area contributed by atoms with Crippen molar-refractivity contribution in [1.29, 1.82) is 0 Å². The number of aliphatic hydroxyl groups is 2. The van der Waals surface area contributed by atoms with E-state index in [1.54, 1.807) is 0 Å². The fourth-order valence-corrected chi connectivity index (χ4v) is 5.40. The minimum Gasteiger partial charge on any atom is -0.462 e. The van der Waals surface area contributed by atoms with Crippen LogP contribution in [0.2, 0.25) is 0 Å². The van der Waals surface area contributed by atoms with Gasteiger partial charge in [0.05, 0.1) is 24.5 Å². The van der Waals surface area contributed by atoms with Crippen LogP contribution in [0.1, 0.15) is 72.6 Å². The number of rotatable bonds is 7. The van der Waals surface area contributed by atoms with Crippen molar-refractivity contribution in [3.05, 3.63) is 23.3 Å². The highest BCUT2D eigenvalue weighted by molar-refractivity contribution is 5.72. The Kier molecular flexibility index (Phi) is 7.98. The molecule has 3 rings (SSSR count). The number of esters is 2. The Morgan fingerprint density at radius 3 is 2.61 bits per heavy atom. The highest BCUT2D eigenvalue weighted by atomic mass is 16.6. The summed E-state index contributed by atoms with van der Waals surface area (Å²) < 4.78 is 11.5. The number of ether oxygens (including phenoxy) is 2. The first-order valence-electron chi connectivity index (χ1n) is 11.9. The van der Waals surface area contributed by atoms with E-state index in [1.165, 1.54) is 5.57 Å². The molecule has 0 spiro atoms. The maximum atomic E-state index is 12.6. The van der Waals surface area contributed by atoms with E-state index in [1.807, 2.05) is 19.9 Å². The molecule has 0 aromatic heterocycles. The molecular weight excluding hydrogens is 396 g/mol. The van der Waals surface area contributed by atoms with Crippen molar-refractivity contribution in [2.45, 2.75) is 97.1 Å². The Morgan fingerprint density at radius 2 is 1.97 bits per heavy atom. The Hall–Kier alpha value is -1.66. The SMILES string of the molecule is CCC1=CC(C)C(CCC2CC(O)CC(=O)O2)C2C1=CC(O)CC2OC(=O)C(C)CC. The molecule has 3 aliphatic rings. The van der Waals surface area contributed by atoms with Crippen molar-refractivity contribution in [2.24, 2.45) is 23.7 Å². The number of aliphatic hydroxyl groups excluding tert-OH is 2. The fourth-order valence-electron chi connectivity index (χ4n) is 5.40. The molecule has 6 heteroatoms. The predicted octanol–water partition coefficient (Wildman–Crippen LogP) is 3.70. The molecule has 0 amide bonds. The molecule has 2 N–H and O–H groups in total. The molecule has 0 bridgehead atoms. The second kappa shape index (κ2) is 10.3. The number of carbonyl (C=O) groups excluding carboxylic acids is 2. The second-order valence-corrected chi connectivity index (χ2v) is 9.59. The molecule has 0 saturated carbocycles. The number of carbonyl (C=O) groups is 2. The van der Waals surface area contributed by atoms with Gasteiger partial charge in [0.2, 0.25) is 0 Å². The van der Waals surface area contributed by atoms with Crippen molar-refractivity contribution in [3.8, 4) is 0 Å². The zero-order valence-corrected chi connectivity index (χ0v) is 19.3. The van der Waals surface area contributed by atoms with Gasteiger partial charge in [-0.2, -0.15) is 0 Å². The van der Waals surface area contributed by atoms with Crippen LogP contribution in [-0.2, 0) is 19.1 Å². The first-order valence-corrected chi connectivity index (χ1v) is 11.9. The zero-order valence-electron chi connectivity index (χ0n) is 19.3. The smallest absolute Gasteiger partial charge is 0.308 e. The Balaban J connectivity index is 1.82. The van der Waals surface area contributed by atoms with Crippen LogP contribution in [0.15, 0.2) is 23.3 Å². The Morgan fingerprint density at radius 1 is 1.23 bits per heavy atom. The largest absolute Gasteiger partial charge is 0.462 e. The van der Waals surface area contributed by atoms with Gasteiger partial charge in [-0.05, 0) is 48.7 Å². The molecule has 0 aromatic carbocycles. The van der Waals surface area contributed by atoms with E-state index >= 15 is 0 Å². The van der Waals surface area contributed by atoms with E-state index < -0.39 is 12.2 Å². The third-order valence-electron chi connectivity index (χ3n) is 7.30. The summed E-state index contributed by atoms with van der Waals surface area (Å²) in [5.74, 6) is -0.201. The molecule has 6 nitrogen and oxygen atoms in total. The van der Waals surface area contributed by atoms with E-state index in [-0.39, 0.29) is 54.2 Å². The van der Waals surface area contributed by atoms with E-state index in [0.717, 1.165) is 24.8 Å². The summed E-state index contributed by atoms with van der Waals surface area (Å²) in [6.45, 7) is 8.15. The lowest BCUT2D eigenvalue weighted by atomic mass is 9.63. The number of allylic oxidation sites excluding steroid dienone is 2. The maximum Gasteiger partial charge on any atom is 0.308 e. The number of hydrogen-bond donors (Lipinski definition) is 2. The zero-order chi connectivity index (χ0) is 22.7. The van der Waals surface area contributed by atoms with Gasteiger partial charge >= 0.3 is 11.9 Å². The predicted molar refractivity (Wildman–Crippen MR) is 117 cm³/mol. The lowest BCUT2D eigenvalue weighted by molar-refractivity contribution is -0.162. The minimum absolute atomic E-state index is 0.0237. The van der Waals surface area contributed by atoms with Crippen LogP contribution in [-0.4, -0.2) is 46.6 Å². The normalized spacial score (nSPS) is 36.6. The van der Waals surface area contributed by atoms with E-state index in [0.29, 0.717) is 19.3 Å². The Bertz CT molecular complexity index is 726. The fraction of sp³-hybridized carbons (Fsp3) is 0.760. The van der Waals surface area contributed by atoms with Gasteiger partial charge in [0.1, 0.15) is 12.2 Å². The van der Waals surface area contributed by atoms with Crippen LogP contribution in [0.5, 0.6) is 0 Å². The summed E-state index contributed by atoms with van der Waals surface area (Å²) >= 11 is 0. The third kappa shape index (κ3) is 5.58. The standard InChI is InChI=1S/C25H38O6/c1-5-14(3)25(29)31-22-12-18(27)11-21-16(6-2)9-15(4)20(24(21)22)8-7-19-10-17(26)13-23(28)30-19/h9,11,14-15,17-20,22,24,26-27H,5-8,10,12-13H2,1-4H3. The van der Waals surface area contributed by atoms with Gasteiger partial charge in [-0.15, -0.1) is 0 Å². The molecule has 1 aliphatic heterocycles. The van der Waals surface area contributed by atoms with Crippen LogP contribution >= 0.6 is 0 Å². The van der Waals surface area contributed by atoms with Crippen LogP contribution in [0.4, 0.5) is 0 Å². The molecule has 0 aromatic rings. The van der Waals surface area contributed by atoms with Crippen molar-refractivity contribution in [2.75, 3.05) is 0 Å². The van der Waals surface area contributed by atoms with E-state index in [4.69, 9.17) is 9.47 Å². The van der Waals surface area contributed by atoms with Gasteiger partial charge in [-0.25, -0.2) is 0 Å². The van der Waals surface area contributed by atoms with Gasteiger partial charge in [-0.3, -0.25) is 9.59 Å². The molecule has 174 valence electrons. The highest BCUT2D eigenvalue weighted by Crippen LogP contribution is 2.47. The maximum absolute atomic E-state index is 12.6. The summed E-state index contributed by atoms with van der Waals surface area (Å²) in [6.07, 6.45) is 6.33. The van der Waals surface area contributed by atoms with Crippen molar-refractivity contribution in [1.82, 2.24) is 0 Å². The van der Waals surface area contributed by atoms with E-state index in [2.05, 4.69) is 19.9 Å². The summed E-state index contributed by atoms with van der Waals surface area (Å²) in [6, 6.07) is 0. The molecule has 2 aliphatic carbocycles. The average molecular weight is 435 g/mol. The minimum atomic E-state index is -0.633. The number of cyclic esters (lactones) is 1. The number of hydrogen-bond acceptors (Lipinski definition) is 6. The molecule has 31 heavy (non-hydrogen) atoms. The van der Waals surface area contributed by atoms with E-state index in [9.17, 15) is 19.8 Å². The first-order chi connectivity index (χ1) is 14.7. The van der Waals surface area contributed by atoms with Gasteiger partial charge in [0.15, 0.2) is 0 Å². The van der Waals surface area contributed by atoms with Gasteiger partial charge in [0, 0.05) is 18.8 Å². The van der Waals surface area contributed by atoms with Crippen molar-refractivity contribution < 1.29 is 29.3 Å². The monoisotopic (exact) mass is 434 g/mol. The van der Waals surface area contributed by atoms with Crippen molar-refractivity contribution >= 4 is 11.9 Å². The van der Waals surface area contributed by atoms with Crippen LogP contribution in [0, 0.1) is 23.7 Å². The first kappa shape index (κ1) is 24.0. The molecule has 1 heterocycles. The van der Waals surface area contributed by atoms with Crippen molar-refractivity contribution in [3.63, 3.8) is 0 Å². The van der Waals surface area contributed by atoms with Gasteiger partial charge < -0.3 is 19.7 Å². The van der Waals surface area contributed by atoms with Gasteiger partial charge in [-0.1, -0.05) is 39.8 Å². The van der Waals surface area contributed by atoms with Crippen LogP contribution in [0.25, 0.3) is 0 Å². The summed E-state index contributed by atoms with van der Waals surface area (Å²) in [7, 11) is 0. The molecule has 0 radical (unpaired) electrons. The number of fused-ring (bicyclic) bond motifs is 1. The lowest BCUT2D eigenvalue weighted by Crippen LogP contribution is -2.44. The quantitative estimate of drug-likeness (QED) is 0.594. The average Bonchev–Trinajstić information content (AvgIpc) is 2.71. The molecular formula is C25H38O6. The highest BCUT2D eigenvalue weighted by Gasteiger charge is 2.44. The molecule has 1 saturated heterocycles. The molecule has 1 fully saturated rings. The third-order valence-corrected chi connectivity index (χ3v) is 7.30. The lowest BCUT2D eigenvalue weighted by Gasteiger charge is -2.45. The van der Waals surface area contributed by atoms with Gasteiger partial charge in [0.25, 0.3) is 0 Å². The summed E-state index contributed by atoms with van der Waals surface area (Å²) in [5, 5.41) is 20.4. The summed E-state index contributed by atoms with van der Waals surface area (Å²) in [5.41, 5.74) is 2.32. The van der Waals surface area contributed by atoms with Crippen LogP contribution in [0.3, 0.4) is 0 Å². The molecule has 8 atom stereocenters. The molecule has 8 unspecified atom stereocenters. The second-order valence-electron chi connectivity index (χ2n) is 9.59. The summed E-state index contributed by atoms with van der Waals surface area (Å²) in [4.78, 5) is 24.3. The Labute approximate surface area is 185 Å². The topological polar surface area (TPSA) is 93.1 Å². The van der Waals surface area contributed by atoms with Crippen LogP contribution < -0.4 is 0 Å².